The molecule has 0 aliphatic carbocycles. The van der Waals surface area contributed by atoms with Crippen molar-refractivity contribution in [3.63, 3.8) is 0 Å². The minimum Gasteiger partial charge on any atom is -0.332 e. The van der Waals surface area contributed by atoms with Crippen LogP contribution < -0.4 is 4.90 Å². The predicted octanol–water partition coefficient (Wildman–Crippen LogP) is 1.26. The zero-order valence-electron chi connectivity index (χ0n) is 13.6. The first kappa shape index (κ1) is 17.8. The van der Waals surface area contributed by atoms with Crippen molar-refractivity contribution in [1.29, 1.82) is 0 Å². The molecule has 0 saturated carbocycles. The van der Waals surface area contributed by atoms with Gasteiger partial charge in [-0.2, -0.15) is 0 Å². The topological polar surface area (TPSA) is 54.9 Å². The lowest BCUT2D eigenvalue weighted by atomic mass is 10.3. The summed E-state index contributed by atoms with van der Waals surface area (Å²) in [5, 5.41) is 9.56. The van der Waals surface area contributed by atoms with Gasteiger partial charge in [-0.15, -0.1) is 10.2 Å². The molecule has 1 amide bonds. The van der Waals surface area contributed by atoms with Crippen molar-refractivity contribution in [1.82, 2.24) is 19.5 Å². The number of likely N-dealkylation sites (N-methyl/N-ethyl adjacent to an activating group) is 1. The third-order valence-electron chi connectivity index (χ3n) is 4.31. The number of halogens is 2. The molecule has 1 aliphatic rings. The number of nitrogens with zero attached hydrogens (tertiary/aromatic N) is 4. The van der Waals surface area contributed by atoms with E-state index in [1.807, 2.05) is 11.8 Å². The Hall–Kier alpha value is -1.02. The quantitative estimate of drug-likeness (QED) is 0.801. The Bertz CT molecular complexity index is 745. The summed E-state index contributed by atoms with van der Waals surface area (Å²) in [6.45, 7) is 8.84. The number of piperazine rings is 1. The highest BCUT2D eigenvalue weighted by Crippen LogP contribution is 2.28. The molecular weight excluding hydrogens is 369 g/mol. The third-order valence-corrected chi connectivity index (χ3v) is 5.84. The Balaban J connectivity index is 1.71. The normalized spacial score (nSPS) is 17.4. The molecule has 0 bridgehead atoms. The second-order valence-corrected chi connectivity index (χ2v) is 8.02. The van der Waals surface area contributed by atoms with Gasteiger partial charge in [-0.1, -0.05) is 35.0 Å². The van der Waals surface area contributed by atoms with Crippen LogP contribution in [-0.2, 0) is 4.79 Å². The molecule has 6 nitrogen and oxygen atoms in total. The van der Waals surface area contributed by atoms with Crippen molar-refractivity contribution >= 4 is 46.5 Å². The van der Waals surface area contributed by atoms with Gasteiger partial charge in [0, 0.05) is 6.20 Å². The molecule has 24 heavy (non-hydrogen) atoms. The van der Waals surface area contributed by atoms with E-state index in [0.717, 1.165) is 32.7 Å². The Labute approximate surface area is 155 Å². The Kier molecular flexibility index (Phi) is 5.54. The van der Waals surface area contributed by atoms with E-state index in [0.29, 0.717) is 20.8 Å². The molecule has 0 spiro atoms. The fraction of sp³-hybridized carbons (Fsp3) is 0.533. The number of amides is 1. The van der Waals surface area contributed by atoms with Crippen molar-refractivity contribution in [3.8, 4) is 0 Å². The summed E-state index contributed by atoms with van der Waals surface area (Å²) in [5.74, 6) is 0.139. The zero-order valence-corrected chi connectivity index (χ0v) is 16.0. The van der Waals surface area contributed by atoms with Gasteiger partial charge in [0.1, 0.15) is 0 Å². The summed E-state index contributed by atoms with van der Waals surface area (Å²) in [7, 11) is 0. The van der Waals surface area contributed by atoms with Gasteiger partial charge < -0.3 is 9.80 Å². The van der Waals surface area contributed by atoms with Crippen LogP contribution >= 0.6 is 35.0 Å². The largest absolute Gasteiger partial charge is 0.332 e. The highest BCUT2D eigenvalue weighted by atomic mass is 35.5. The van der Waals surface area contributed by atoms with Gasteiger partial charge in [0.2, 0.25) is 5.91 Å². The van der Waals surface area contributed by atoms with Crippen LogP contribution in [-0.4, -0.2) is 63.4 Å². The zero-order chi connectivity index (χ0) is 17.3. The second-order valence-electron chi connectivity index (χ2n) is 5.87. The molecule has 3 heterocycles. The Morgan fingerprint density at radius 3 is 2.75 bits per heavy atom. The lowest BCUT2D eigenvalue weighted by Gasteiger charge is -2.32. The van der Waals surface area contributed by atoms with Crippen molar-refractivity contribution in [2.75, 3.05) is 32.7 Å². The number of fused-ring (bicyclic) bond motifs is 1. The molecule has 0 radical (unpaired) electrons. The first-order valence-electron chi connectivity index (χ1n) is 7.98. The van der Waals surface area contributed by atoms with Gasteiger partial charge in [-0.25, -0.2) is 0 Å². The lowest BCUT2D eigenvalue weighted by molar-refractivity contribution is -0.902. The molecule has 2 aromatic rings. The van der Waals surface area contributed by atoms with E-state index in [1.165, 1.54) is 11.8 Å². The molecule has 130 valence electrons. The van der Waals surface area contributed by atoms with Gasteiger partial charge in [0.25, 0.3) is 0 Å². The summed E-state index contributed by atoms with van der Waals surface area (Å²) < 4.78 is 1.73. The molecule has 0 aromatic carbocycles. The maximum atomic E-state index is 12.7. The molecular formula is C15H20Cl2N5OS+. The third kappa shape index (κ3) is 3.64. The minimum atomic E-state index is -0.238. The van der Waals surface area contributed by atoms with Crippen LogP contribution in [0.15, 0.2) is 17.4 Å². The van der Waals surface area contributed by atoms with Crippen LogP contribution in [0.2, 0.25) is 10.0 Å². The molecule has 1 atom stereocenters. The molecule has 9 heteroatoms. The number of nitrogens with one attached hydrogen (secondary N) is 1. The maximum absolute atomic E-state index is 12.7. The average molecular weight is 389 g/mol. The summed E-state index contributed by atoms with van der Waals surface area (Å²) in [4.78, 5) is 16.2. The van der Waals surface area contributed by atoms with Gasteiger partial charge in [-0.3, -0.25) is 9.20 Å². The number of quaternary nitrogens is 1. The van der Waals surface area contributed by atoms with Crippen LogP contribution in [0.1, 0.15) is 13.8 Å². The number of pyridine rings is 1. The van der Waals surface area contributed by atoms with Crippen molar-refractivity contribution < 1.29 is 9.69 Å². The highest BCUT2D eigenvalue weighted by Gasteiger charge is 2.27. The number of carbonyl (C=O) groups excluding carboxylic acids is 1. The minimum absolute atomic E-state index is 0.139. The van der Waals surface area contributed by atoms with Crippen LogP contribution in [0.25, 0.3) is 5.65 Å². The van der Waals surface area contributed by atoms with Crippen LogP contribution in [0, 0.1) is 0 Å². The van der Waals surface area contributed by atoms with E-state index >= 15 is 0 Å². The molecule has 1 N–H and O–H groups in total. The van der Waals surface area contributed by atoms with Crippen LogP contribution in [0.4, 0.5) is 0 Å². The smallest absolute Gasteiger partial charge is 0.236 e. The molecule has 3 rings (SSSR count). The fourth-order valence-electron chi connectivity index (χ4n) is 2.85. The predicted molar refractivity (Wildman–Crippen MR) is 96.1 cm³/mol. The SMILES string of the molecule is CC[NH+]1CCN(C(=O)[C@H](C)Sc2nnc3c(Cl)cc(Cl)cn23)CC1. The molecule has 2 aromatic heterocycles. The summed E-state index contributed by atoms with van der Waals surface area (Å²) in [5.41, 5.74) is 0.545. The average Bonchev–Trinajstić information content (AvgIpc) is 2.97. The van der Waals surface area contributed by atoms with Gasteiger partial charge in [0.15, 0.2) is 10.8 Å². The van der Waals surface area contributed by atoms with Crippen molar-refractivity contribution in [2.24, 2.45) is 0 Å². The summed E-state index contributed by atoms with van der Waals surface area (Å²) in [6.07, 6.45) is 1.71. The molecule has 0 unspecified atom stereocenters. The Morgan fingerprint density at radius 1 is 1.38 bits per heavy atom. The monoisotopic (exact) mass is 388 g/mol. The van der Waals surface area contributed by atoms with E-state index in [9.17, 15) is 4.79 Å². The fourth-order valence-corrected chi connectivity index (χ4v) is 4.26. The van der Waals surface area contributed by atoms with Crippen molar-refractivity contribution in [2.45, 2.75) is 24.3 Å². The van der Waals surface area contributed by atoms with E-state index in [2.05, 4.69) is 17.1 Å². The molecule has 1 fully saturated rings. The number of carbonyl (C=O) groups is 1. The maximum Gasteiger partial charge on any atom is 0.236 e. The van der Waals surface area contributed by atoms with E-state index in [-0.39, 0.29) is 11.2 Å². The van der Waals surface area contributed by atoms with Gasteiger partial charge >= 0.3 is 0 Å². The number of thioether (sulfide) groups is 1. The Morgan fingerprint density at radius 2 is 2.08 bits per heavy atom. The number of aromatic nitrogens is 3. The number of hydrogen-bond donors (Lipinski definition) is 1. The van der Waals surface area contributed by atoms with Gasteiger partial charge in [-0.05, 0) is 19.9 Å². The van der Waals surface area contributed by atoms with E-state index < -0.39 is 0 Å². The molecule has 1 aliphatic heterocycles. The highest BCUT2D eigenvalue weighted by molar-refractivity contribution is 8.00. The lowest BCUT2D eigenvalue weighted by Crippen LogP contribution is -3.14. The second kappa shape index (κ2) is 7.47. The van der Waals surface area contributed by atoms with E-state index in [1.54, 1.807) is 21.6 Å². The van der Waals surface area contributed by atoms with Crippen LogP contribution in [0.3, 0.4) is 0 Å². The molecule has 1 saturated heterocycles. The number of rotatable bonds is 4. The summed E-state index contributed by atoms with van der Waals surface area (Å²) >= 11 is 13.6. The van der Waals surface area contributed by atoms with Gasteiger partial charge in [0.05, 0.1) is 48.0 Å². The van der Waals surface area contributed by atoms with E-state index in [4.69, 9.17) is 23.2 Å². The van der Waals surface area contributed by atoms with Crippen molar-refractivity contribution in [3.05, 3.63) is 22.3 Å². The first-order chi connectivity index (χ1) is 11.5. The standard InChI is InChI=1S/C15H19Cl2N5OS/c1-3-20-4-6-21(7-5-20)14(23)10(2)24-15-19-18-13-12(17)8-11(16)9-22(13)15/h8-10H,3-7H2,1-2H3/p+1/t10-/m0/s1. The first-order valence-corrected chi connectivity index (χ1v) is 9.62. The van der Waals surface area contributed by atoms with Crippen LogP contribution in [0.5, 0.6) is 0 Å². The number of hydrogen-bond acceptors (Lipinski definition) is 4. The summed E-state index contributed by atoms with van der Waals surface area (Å²) in [6, 6.07) is 1.63.